The molecule has 13 heteroatoms. The summed E-state index contributed by atoms with van der Waals surface area (Å²) in [5.41, 5.74) is 11.4. The maximum Gasteiger partial charge on any atom is 0.326 e. The summed E-state index contributed by atoms with van der Waals surface area (Å²) in [5.74, 6) is -3.43. The molecule has 34 heavy (non-hydrogen) atoms. The van der Waals surface area contributed by atoms with Crippen molar-refractivity contribution in [2.45, 2.75) is 75.5 Å². The Morgan fingerprint density at radius 1 is 1.06 bits per heavy atom. The molecule has 0 aromatic carbocycles. The van der Waals surface area contributed by atoms with E-state index in [1.165, 1.54) is 4.90 Å². The molecule has 1 heterocycles. The fourth-order valence-corrected chi connectivity index (χ4v) is 4.20. The van der Waals surface area contributed by atoms with Crippen molar-refractivity contribution in [3.63, 3.8) is 0 Å². The van der Waals surface area contributed by atoms with Crippen LogP contribution >= 0.6 is 11.8 Å². The van der Waals surface area contributed by atoms with E-state index in [4.69, 9.17) is 16.6 Å². The lowest BCUT2D eigenvalue weighted by Gasteiger charge is -2.28. The molecule has 0 radical (unpaired) electrons. The van der Waals surface area contributed by atoms with Crippen LogP contribution in [0.15, 0.2) is 0 Å². The largest absolute Gasteiger partial charge is 0.481 e. The maximum atomic E-state index is 13.0. The molecule has 1 fully saturated rings. The van der Waals surface area contributed by atoms with Crippen LogP contribution < -0.4 is 22.1 Å². The van der Waals surface area contributed by atoms with Gasteiger partial charge in [0.2, 0.25) is 17.7 Å². The van der Waals surface area contributed by atoms with Crippen LogP contribution in [0.1, 0.15) is 51.4 Å². The quantitative estimate of drug-likeness (QED) is 0.143. The molecule has 1 rings (SSSR count). The van der Waals surface area contributed by atoms with Gasteiger partial charge in [0.1, 0.15) is 18.1 Å². The molecule has 1 aliphatic heterocycles. The minimum atomic E-state index is -1.26. The highest BCUT2D eigenvalue weighted by molar-refractivity contribution is 7.98. The zero-order valence-corrected chi connectivity index (χ0v) is 20.3. The van der Waals surface area contributed by atoms with E-state index >= 15 is 0 Å². The molecule has 194 valence electrons. The molecule has 1 aliphatic rings. The number of nitrogens with zero attached hydrogens (tertiary/aromatic N) is 1. The van der Waals surface area contributed by atoms with E-state index in [9.17, 15) is 29.1 Å². The van der Waals surface area contributed by atoms with Gasteiger partial charge in [-0.3, -0.25) is 19.2 Å². The number of carboxylic acid groups (broad SMARTS) is 2. The predicted octanol–water partition coefficient (Wildman–Crippen LogP) is -0.894. The van der Waals surface area contributed by atoms with Gasteiger partial charge in [-0.1, -0.05) is 0 Å². The maximum absolute atomic E-state index is 13.0. The van der Waals surface area contributed by atoms with Crippen molar-refractivity contribution in [2.75, 3.05) is 25.1 Å². The van der Waals surface area contributed by atoms with Gasteiger partial charge in [0.15, 0.2) is 0 Å². The molecule has 3 amide bonds. The summed E-state index contributed by atoms with van der Waals surface area (Å²) >= 11 is 1.56. The normalized spacial score (nSPS) is 18.1. The second-order valence-electron chi connectivity index (χ2n) is 8.26. The number of nitrogens with one attached hydrogen (secondary N) is 2. The predicted molar refractivity (Wildman–Crippen MR) is 127 cm³/mol. The summed E-state index contributed by atoms with van der Waals surface area (Å²) in [7, 11) is 0. The summed E-state index contributed by atoms with van der Waals surface area (Å²) in [6.07, 6.45) is 3.93. The number of nitrogens with two attached hydrogens (primary N) is 2. The average molecular weight is 504 g/mol. The molecule has 0 bridgehead atoms. The minimum absolute atomic E-state index is 0.150. The van der Waals surface area contributed by atoms with E-state index in [1.54, 1.807) is 11.8 Å². The first kappa shape index (κ1) is 29.7. The molecule has 1 saturated heterocycles. The van der Waals surface area contributed by atoms with Crippen molar-refractivity contribution in [3.05, 3.63) is 0 Å². The van der Waals surface area contributed by atoms with Crippen LogP contribution in [-0.2, 0) is 24.0 Å². The van der Waals surface area contributed by atoms with E-state index in [0.717, 1.165) is 0 Å². The Hall–Kier alpha value is -2.38. The van der Waals surface area contributed by atoms with Crippen LogP contribution in [-0.4, -0.2) is 94.0 Å². The Balaban J connectivity index is 2.89. The Morgan fingerprint density at radius 2 is 1.76 bits per heavy atom. The fraction of sp³-hybridized carbons (Fsp3) is 0.762. The van der Waals surface area contributed by atoms with E-state index in [0.29, 0.717) is 50.9 Å². The van der Waals surface area contributed by atoms with E-state index in [-0.39, 0.29) is 18.7 Å². The smallest absolute Gasteiger partial charge is 0.326 e. The number of aliphatic carboxylic acids is 2. The third-order valence-corrected chi connectivity index (χ3v) is 6.27. The van der Waals surface area contributed by atoms with Gasteiger partial charge in [0.05, 0.1) is 6.04 Å². The molecule has 4 unspecified atom stereocenters. The molecular formula is C21H37N5O7S. The first-order valence-electron chi connectivity index (χ1n) is 11.4. The van der Waals surface area contributed by atoms with Gasteiger partial charge < -0.3 is 37.2 Å². The Bertz CT molecular complexity index is 724. The van der Waals surface area contributed by atoms with Gasteiger partial charge in [-0.25, -0.2) is 4.79 Å². The second kappa shape index (κ2) is 15.5. The Kier molecular flexibility index (Phi) is 13.5. The van der Waals surface area contributed by atoms with Crippen LogP contribution in [0.25, 0.3) is 0 Å². The summed E-state index contributed by atoms with van der Waals surface area (Å²) in [5, 5.41) is 23.3. The summed E-state index contributed by atoms with van der Waals surface area (Å²) in [4.78, 5) is 62.5. The minimum Gasteiger partial charge on any atom is -0.481 e. The Labute approximate surface area is 203 Å². The van der Waals surface area contributed by atoms with Crippen molar-refractivity contribution in [3.8, 4) is 0 Å². The third kappa shape index (κ3) is 9.85. The van der Waals surface area contributed by atoms with Crippen LogP contribution in [0.4, 0.5) is 0 Å². The summed E-state index contributed by atoms with van der Waals surface area (Å²) in [6.45, 7) is 0.743. The van der Waals surface area contributed by atoms with Crippen LogP contribution in [0.5, 0.6) is 0 Å². The number of likely N-dealkylation sites (tertiary alicyclic amines) is 1. The molecule has 0 aliphatic carbocycles. The van der Waals surface area contributed by atoms with Crippen molar-refractivity contribution < 1.29 is 34.2 Å². The standard InChI is InChI=1S/C21H37N5O7S/c1-34-12-9-13(23)20(31)26-11-4-6-16(26)19(30)24-14(7-8-17(27)28)18(29)25-15(21(32)33)5-2-3-10-22/h13-16H,2-12,22-23H2,1H3,(H,24,30)(H,25,29)(H,27,28)(H,32,33). The number of rotatable bonds is 16. The zero-order valence-electron chi connectivity index (χ0n) is 19.5. The zero-order chi connectivity index (χ0) is 25.7. The van der Waals surface area contributed by atoms with Crippen molar-refractivity contribution in [1.29, 1.82) is 0 Å². The molecule has 8 N–H and O–H groups in total. The number of unbranched alkanes of at least 4 members (excludes halogenated alkanes) is 1. The van der Waals surface area contributed by atoms with E-state index in [1.807, 2.05) is 6.26 Å². The lowest BCUT2D eigenvalue weighted by atomic mass is 10.1. The molecule has 0 spiro atoms. The van der Waals surface area contributed by atoms with Gasteiger partial charge in [0.25, 0.3) is 0 Å². The first-order valence-corrected chi connectivity index (χ1v) is 12.8. The number of thioether (sulfide) groups is 1. The monoisotopic (exact) mass is 503 g/mol. The summed E-state index contributed by atoms with van der Waals surface area (Å²) in [6, 6.07) is -4.02. The van der Waals surface area contributed by atoms with Crippen molar-refractivity contribution in [1.82, 2.24) is 15.5 Å². The molecule has 0 aromatic rings. The lowest BCUT2D eigenvalue weighted by Crippen LogP contribution is -2.56. The highest BCUT2D eigenvalue weighted by atomic mass is 32.2. The van der Waals surface area contributed by atoms with Crippen LogP contribution in [0.3, 0.4) is 0 Å². The number of carbonyl (C=O) groups is 5. The number of amides is 3. The average Bonchev–Trinajstić information content (AvgIpc) is 3.28. The summed E-state index contributed by atoms with van der Waals surface area (Å²) < 4.78 is 0. The Morgan fingerprint density at radius 3 is 2.35 bits per heavy atom. The van der Waals surface area contributed by atoms with Gasteiger partial charge in [-0.2, -0.15) is 11.8 Å². The van der Waals surface area contributed by atoms with Crippen LogP contribution in [0.2, 0.25) is 0 Å². The first-order chi connectivity index (χ1) is 16.1. The fourth-order valence-electron chi connectivity index (χ4n) is 3.71. The van der Waals surface area contributed by atoms with Crippen molar-refractivity contribution in [2.24, 2.45) is 11.5 Å². The highest BCUT2D eigenvalue weighted by Crippen LogP contribution is 2.20. The molecule has 0 saturated carbocycles. The number of hydrogen-bond acceptors (Lipinski definition) is 8. The number of carboxylic acids is 2. The molecule has 0 aromatic heterocycles. The van der Waals surface area contributed by atoms with Crippen molar-refractivity contribution >= 4 is 41.4 Å². The van der Waals surface area contributed by atoms with Gasteiger partial charge >= 0.3 is 11.9 Å². The number of carbonyl (C=O) groups excluding carboxylic acids is 3. The van der Waals surface area contributed by atoms with Crippen LogP contribution in [0, 0.1) is 0 Å². The van der Waals surface area contributed by atoms with Gasteiger partial charge in [-0.15, -0.1) is 0 Å². The van der Waals surface area contributed by atoms with E-state index in [2.05, 4.69) is 10.6 Å². The lowest BCUT2D eigenvalue weighted by molar-refractivity contribution is -0.144. The molecule has 4 atom stereocenters. The number of hydrogen-bond donors (Lipinski definition) is 6. The second-order valence-corrected chi connectivity index (χ2v) is 9.24. The third-order valence-electron chi connectivity index (χ3n) is 5.63. The van der Waals surface area contributed by atoms with E-state index < -0.39 is 54.3 Å². The molecule has 12 nitrogen and oxygen atoms in total. The molecular weight excluding hydrogens is 466 g/mol. The SMILES string of the molecule is CSCCC(N)C(=O)N1CCCC1C(=O)NC(CCC(=O)O)C(=O)NC(CCCCN)C(=O)O. The topological polar surface area (TPSA) is 205 Å². The highest BCUT2D eigenvalue weighted by Gasteiger charge is 2.37. The van der Waals surface area contributed by atoms with Gasteiger partial charge in [-0.05, 0) is 63.5 Å². The van der Waals surface area contributed by atoms with Gasteiger partial charge in [0, 0.05) is 13.0 Å².